The molecule has 1 aliphatic heterocycles. The molecule has 0 bridgehead atoms. The fourth-order valence-corrected chi connectivity index (χ4v) is 4.22. The van der Waals surface area contributed by atoms with Crippen LogP contribution >= 0.6 is 0 Å². The second-order valence-electron chi connectivity index (χ2n) is 4.97. The smallest absolute Gasteiger partial charge is 0.157 e. The highest BCUT2D eigenvalue weighted by Crippen LogP contribution is 2.24. The Morgan fingerprint density at radius 1 is 1.35 bits per heavy atom. The zero-order valence-corrected chi connectivity index (χ0v) is 12.5. The van der Waals surface area contributed by atoms with Crippen LogP contribution in [0.5, 0.6) is 5.75 Å². The lowest BCUT2D eigenvalue weighted by Gasteiger charge is -2.22. The van der Waals surface area contributed by atoms with Gasteiger partial charge in [0, 0.05) is 25.3 Å². The third-order valence-corrected chi connectivity index (χ3v) is 5.84. The summed E-state index contributed by atoms with van der Waals surface area (Å²) in [6, 6.07) is 5.40. The molecule has 112 valence electrons. The van der Waals surface area contributed by atoms with Gasteiger partial charge >= 0.3 is 0 Å². The third-order valence-electron chi connectivity index (χ3n) is 3.62. The van der Waals surface area contributed by atoms with Crippen LogP contribution in [0.2, 0.25) is 0 Å². The second kappa shape index (κ2) is 6.56. The molecule has 2 N–H and O–H groups in total. The van der Waals surface area contributed by atoms with Gasteiger partial charge in [-0.15, -0.1) is 0 Å². The molecule has 0 amide bonds. The van der Waals surface area contributed by atoms with Crippen LogP contribution in [0.3, 0.4) is 0 Å². The summed E-state index contributed by atoms with van der Waals surface area (Å²) in [7, 11) is -1.59. The van der Waals surface area contributed by atoms with Crippen LogP contribution in [0.4, 0.5) is 0 Å². The summed E-state index contributed by atoms with van der Waals surface area (Å²) in [5, 5.41) is -0.295. The predicted molar refractivity (Wildman–Crippen MR) is 77.4 cm³/mol. The van der Waals surface area contributed by atoms with E-state index >= 15 is 0 Å². The van der Waals surface area contributed by atoms with Crippen LogP contribution in [0.25, 0.3) is 0 Å². The van der Waals surface area contributed by atoms with Crippen molar-refractivity contribution in [2.24, 2.45) is 5.73 Å². The highest BCUT2D eigenvalue weighted by Gasteiger charge is 2.27. The molecule has 1 aromatic rings. The first-order valence-electron chi connectivity index (χ1n) is 6.72. The molecule has 1 aromatic carbocycles. The molecule has 5 nitrogen and oxygen atoms in total. The SMILES string of the molecule is COc1cc(CS(=O)(=O)C2CCOCC2)ccc1CN. The largest absolute Gasteiger partial charge is 0.496 e. The minimum absolute atomic E-state index is 0.0406. The van der Waals surface area contributed by atoms with Gasteiger partial charge in [-0.3, -0.25) is 0 Å². The maximum absolute atomic E-state index is 12.4. The van der Waals surface area contributed by atoms with Crippen LogP contribution < -0.4 is 10.5 Å². The lowest BCUT2D eigenvalue weighted by Crippen LogP contribution is -2.29. The Bertz CT molecular complexity index is 550. The fourth-order valence-electron chi connectivity index (χ4n) is 2.43. The first-order valence-corrected chi connectivity index (χ1v) is 8.43. The lowest BCUT2D eigenvalue weighted by atomic mass is 10.1. The minimum Gasteiger partial charge on any atom is -0.496 e. The molecule has 0 saturated carbocycles. The first kappa shape index (κ1) is 15.3. The summed E-state index contributed by atoms with van der Waals surface area (Å²) >= 11 is 0. The van der Waals surface area contributed by atoms with Crippen LogP contribution in [0.15, 0.2) is 18.2 Å². The Morgan fingerprint density at radius 3 is 2.65 bits per heavy atom. The van der Waals surface area contributed by atoms with Crippen molar-refractivity contribution in [3.8, 4) is 5.75 Å². The summed E-state index contributed by atoms with van der Waals surface area (Å²) in [6.45, 7) is 1.43. The third kappa shape index (κ3) is 3.50. The van der Waals surface area contributed by atoms with Gasteiger partial charge in [0.05, 0.1) is 18.1 Å². The van der Waals surface area contributed by atoms with Gasteiger partial charge in [0.25, 0.3) is 0 Å². The number of hydrogen-bond acceptors (Lipinski definition) is 5. The first-order chi connectivity index (χ1) is 9.56. The van der Waals surface area contributed by atoms with E-state index in [1.165, 1.54) is 0 Å². The Balaban J connectivity index is 2.16. The molecule has 1 heterocycles. The van der Waals surface area contributed by atoms with Gasteiger partial charge in [0.2, 0.25) is 0 Å². The average Bonchev–Trinajstić information content (AvgIpc) is 2.47. The molecule has 0 atom stereocenters. The molecular formula is C14H21NO4S. The molecule has 20 heavy (non-hydrogen) atoms. The van der Waals surface area contributed by atoms with Crippen molar-refractivity contribution in [1.29, 1.82) is 0 Å². The van der Waals surface area contributed by atoms with E-state index in [1.54, 1.807) is 13.2 Å². The highest BCUT2D eigenvalue weighted by atomic mass is 32.2. The summed E-state index contributed by atoms with van der Waals surface area (Å²) in [4.78, 5) is 0. The lowest BCUT2D eigenvalue weighted by molar-refractivity contribution is 0.0983. The maximum atomic E-state index is 12.4. The Hall–Kier alpha value is -1.11. The summed E-state index contributed by atoms with van der Waals surface area (Å²) in [5.74, 6) is 0.686. The molecule has 0 spiro atoms. The van der Waals surface area contributed by atoms with Gasteiger partial charge in [-0.2, -0.15) is 0 Å². The standard InChI is InChI=1S/C14H21NO4S/c1-18-14-8-11(2-3-12(14)9-15)10-20(16,17)13-4-6-19-7-5-13/h2-3,8,13H,4-7,9-10,15H2,1H3. The monoisotopic (exact) mass is 299 g/mol. The second-order valence-corrected chi connectivity index (χ2v) is 7.25. The number of methoxy groups -OCH3 is 1. The van der Waals surface area contributed by atoms with E-state index in [0.29, 0.717) is 38.3 Å². The van der Waals surface area contributed by atoms with Crippen LogP contribution in [-0.2, 0) is 26.9 Å². The van der Waals surface area contributed by atoms with Crippen LogP contribution in [-0.4, -0.2) is 34.0 Å². The summed E-state index contributed by atoms with van der Waals surface area (Å²) in [5.41, 5.74) is 7.22. The van der Waals surface area contributed by atoms with Crippen molar-refractivity contribution in [3.05, 3.63) is 29.3 Å². The van der Waals surface area contributed by atoms with Crippen molar-refractivity contribution in [3.63, 3.8) is 0 Å². The Kier molecular flexibility index (Phi) is 5.01. The normalized spacial score (nSPS) is 17.1. The number of sulfone groups is 1. The Morgan fingerprint density at radius 2 is 2.05 bits per heavy atom. The van der Waals surface area contributed by atoms with Crippen LogP contribution in [0, 0.1) is 0 Å². The van der Waals surface area contributed by atoms with Crippen molar-refractivity contribution in [1.82, 2.24) is 0 Å². The molecule has 0 aromatic heterocycles. The summed E-state index contributed by atoms with van der Waals surface area (Å²) < 4.78 is 35.2. The zero-order chi connectivity index (χ0) is 14.6. The van der Waals surface area contributed by atoms with E-state index in [-0.39, 0.29) is 11.0 Å². The maximum Gasteiger partial charge on any atom is 0.157 e. The molecule has 1 fully saturated rings. The van der Waals surface area contributed by atoms with Gasteiger partial charge in [0.15, 0.2) is 9.84 Å². The van der Waals surface area contributed by atoms with Gasteiger partial charge in [-0.05, 0) is 24.5 Å². The minimum atomic E-state index is -3.15. The van der Waals surface area contributed by atoms with Gasteiger partial charge in [-0.1, -0.05) is 12.1 Å². The van der Waals surface area contributed by atoms with Gasteiger partial charge in [-0.25, -0.2) is 8.42 Å². The number of ether oxygens (including phenoxy) is 2. The summed E-state index contributed by atoms with van der Waals surface area (Å²) in [6.07, 6.45) is 1.17. The Labute approximate surface area is 120 Å². The zero-order valence-electron chi connectivity index (χ0n) is 11.7. The van der Waals surface area contributed by atoms with E-state index in [4.69, 9.17) is 15.2 Å². The number of benzene rings is 1. The molecule has 1 saturated heterocycles. The molecule has 0 aliphatic carbocycles. The fraction of sp³-hybridized carbons (Fsp3) is 0.571. The van der Waals surface area contributed by atoms with Crippen molar-refractivity contribution >= 4 is 9.84 Å². The quantitative estimate of drug-likeness (QED) is 0.885. The number of rotatable bonds is 5. The molecule has 6 heteroatoms. The number of hydrogen-bond donors (Lipinski definition) is 1. The van der Waals surface area contributed by atoms with Gasteiger partial charge < -0.3 is 15.2 Å². The van der Waals surface area contributed by atoms with Gasteiger partial charge in [0.1, 0.15) is 5.75 Å². The topological polar surface area (TPSA) is 78.6 Å². The predicted octanol–water partition coefficient (Wildman–Crippen LogP) is 1.25. The molecule has 1 aliphatic rings. The van der Waals surface area contributed by atoms with Crippen molar-refractivity contribution < 1.29 is 17.9 Å². The van der Waals surface area contributed by atoms with E-state index in [0.717, 1.165) is 11.1 Å². The van der Waals surface area contributed by atoms with Crippen molar-refractivity contribution in [2.45, 2.75) is 30.4 Å². The van der Waals surface area contributed by atoms with Crippen LogP contribution in [0.1, 0.15) is 24.0 Å². The average molecular weight is 299 g/mol. The number of nitrogens with two attached hydrogens (primary N) is 1. The molecular weight excluding hydrogens is 278 g/mol. The van der Waals surface area contributed by atoms with Crippen molar-refractivity contribution in [2.75, 3.05) is 20.3 Å². The van der Waals surface area contributed by atoms with E-state index in [1.807, 2.05) is 12.1 Å². The van der Waals surface area contributed by atoms with E-state index < -0.39 is 9.84 Å². The molecule has 0 unspecified atom stereocenters. The molecule has 0 radical (unpaired) electrons. The van der Waals surface area contributed by atoms with E-state index in [9.17, 15) is 8.42 Å². The molecule has 2 rings (SSSR count). The highest BCUT2D eigenvalue weighted by molar-refractivity contribution is 7.91. The van der Waals surface area contributed by atoms with E-state index in [2.05, 4.69) is 0 Å².